The predicted octanol–water partition coefficient (Wildman–Crippen LogP) is 2.03. The van der Waals surface area contributed by atoms with E-state index >= 15 is 0 Å². The Morgan fingerprint density at radius 2 is 2.00 bits per heavy atom. The molecule has 0 amide bonds. The number of aromatic nitrogens is 3. The van der Waals surface area contributed by atoms with Crippen molar-refractivity contribution in [1.82, 2.24) is 14.8 Å². The van der Waals surface area contributed by atoms with E-state index < -0.39 is 0 Å². The second-order valence-corrected chi connectivity index (χ2v) is 3.83. The lowest BCUT2D eigenvalue weighted by molar-refractivity contribution is 0.282. The smallest absolute Gasteiger partial charge is 0.119 e. The molecule has 2 atom stereocenters. The highest BCUT2D eigenvalue weighted by atomic mass is 15.2. The van der Waals surface area contributed by atoms with E-state index in [0.29, 0.717) is 6.04 Å². The van der Waals surface area contributed by atoms with Crippen LogP contribution in [0.3, 0.4) is 0 Å². The fraction of sp³-hybridized carbons (Fsp3) is 0.778. The predicted molar refractivity (Wildman–Crippen MR) is 46.7 cm³/mol. The summed E-state index contributed by atoms with van der Waals surface area (Å²) in [4.78, 5) is 0. The Hall–Kier alpha value is -0.860. The van der Waals surface area contributed by atoms with Crippen molar-refractivity contribution < 1.29 is 0 Å². The number of hydrogen-bond acceptors (Lipinski definition) is 2. The van der Waals surface area contributed by atoms with Crippen molar-refractivity contribution in [2.24, 2.45) is 5.92 Å². The Morgan fingerprint density at radius 3 is 2.67 bits per heavy atom. The van der Waals surface area contributed by atoms with Crippen LogP contribution in [-0.4, -0.2) is 14.8 Å². The molecular formula is C9H15N3. The molecule has 0 N–H and O–H groups in total. The van der Waals surface area contributed by atoms with E-state index in [4.69, 9.17) is 0 Å². The molecule has 2 rings (SSSR count). The summed E-state index contributed by atoms with van der Waals surface area (Å²) in [5.74, 6) is 0.867. The van der Waals surface area contributed by atoms with Gasteiger partial charge in [-0.15, -0.1) is 10.2 Å². The van der Waals surface area contributed by atoms with Crippen LogP contribution in [0.15, 0.2) is 12.7 Å². The maximum absolute atomic E-state index is 3.84. The zero-order valence-corrected chi connectivity index (χ0v) is 7.48. The van der Waals surface area contributed by atoms with Gasteiger partial charge in [0.2, 0.25) is 0 Å². The first-order chi connectivity index (χ1) is 5.86. The largest absolute Gasteiger partial charge is 0.317 e. The molecule has 0 saturated heterocycles. The minimum atomic E-state index is 0.656. The van der Waals surface area contributed by atoms with Gasteiger partial charge in [-0.1, -0.05) is 19.8 Å². The van der Waals surface area contributed by atoms with Gasteiger partial charge in [0.1, 0.15) is 12.7 Å². The van der Waals surface area contributed by atoms with Crippen LogP contribution in [0.25, 0.3) is 0 Å². The van der Waals surface area contributed by atoms with Gasteiger partial charge in [-0.2, -0.15) is 0 Å². The van der Waals surface area contributed by atoms with Crippen LogP contribution in [0.2, 0.25) is 0 Å². The molecule has 0 aromatic carbocycles. The summed E-state index contributed by atoms with van der Waals surface area (Å²) in [6, 6.07) is 0.656. The molecule has 1 aromatic heterocycles. The van der Waals surface area contributed by atoms with Crippen molar-refractivity contribution in [3.8, 4) is 0 Å². The molecule has 1 aliphatic carbocycles. The Morgan fingerprint density at radius 1 is 1.25 bits per heavy atom. The average Bonchev–Trinajstić information content (AvgIpc) is 2.56. The highest BCUT2D eigenvalue weighted by Gasteiger charge is 2.19. The van der Waals surface area contributed by atoms with Crippen LogP contribution < -0.4 is 0 Å². The number of rotatable bonds is 1. The third-order valence-electron chi connectivity index (χ3n) is 2.77. The van der Waals surface area contributed by atoms with Gasteiger partial charge in [0.05, 0.1) is 0 Å². The Labute approximate surface area is 72.8 Å². The molecule has 0 spiro atoms. The van der Waals surface area contributed by atoms with Crippen molar-refractivity contribution in [2.45, 2.75) is 38.6 Å². The fourth-order valence-corrected chi connectivity index (χ4v) is 2.07. The maximum atomic E-state index is 3.84. The minimum absolute atomic E-state index is 0.656. The molecule has 0 bridgehead atoms. The molecule has 1 heterocycles. The molecule has 0 radical (unpaired) electrons. The first-order valence-electron chi connectivity index (χ1n) is 4.70. The molecule has 1 aromatic rings. The fourth-order valence-electron chi connectivity index (χ4n) is 2.07. The zero-order chi connectivity index (χ0) is 8.39. The Bertz CT molecular complexity index is 230. The second kappa shape index (κ2) is 3.25. The van der Waals surface area contributed by atoms with Crippen molar-refractivity contribution in [3.63, 3.8) is 0 Å². The lowest BCUT2D eigenvalue weighted by atomic mass is 9.87. The lowest BCUT2D eigenvalue weighted by Crippen LogP contribution is -2.16. The van der Waals surface area contributed by atoms with Crippen LogP contribution in [-0.2, 0) is 0 Å². The summed E-state index contributed by atoms with van der Waals surface area (Å²) in [6.45, 7) is 2.33. The Balaban J connectivity index is 2.04. The number of hydrogen-bond donors (Lipinski definition) is 0. The van der Waals surface area contributed by atoms with E-state index in [1.165, 1.54) is 25.7 Å². The average molecular weight is 165 g/mol. The zero-order valence-electron chi connectivity index (χ0n) is 7.48. The minimum Gasteiger partial charge on any atom is -0.317 e. The van der Waals surface area contributed by atoms with Gasteiger partial charge in [0.15, 0.2) is 0 Å². The van der Waals surface area contributed by atoms with Gasteiger partial charge in [0, 0.05) is 6.04 Å². The Kier molecular flexibility index (Phi) is 2.11. The molecule has 12 heavy (non-hydrogen) atoms. The topological polar surface area (TPSA) is 30.7 Å². The van der Waals surface area contributed by atoms with Crippen molar-refractivity contribution in [2.75, 3.05) is 0 Å². The van der Waals surface area contributed by atoms with E-state index in [1.807, 2.05) is 12.7 Å². The number of nitrogens with zero attached hydrogens (tertiary/aromatic N) is 3. The van der Waals surface area contributed by atoms with Crippen molar-refractivity contribution in [3.05, 3.63) is 12.7 Å². The van der Waals surface area contributed by atoms with E-state index in [9.17, 15) is 0 Å². The van der Waals surface area contributed by atoms with Gasteiger partial charge < -0.3 is 4.57 Å². The van der Waals surface area contributed by atoms with Gasteiger partial charge in [0.25, 0.3) is 0 Å². The standard InChI is InChI=1S/C9H15N3/c1-8-3-2-4-9(5-8)12-6-10-11-7-12/h6-9H,2-5H2,1H3. The summed E-state index contributed by atoms with van der Waals surface area (Å²) in [5.41, 5.74) is 0. The molecule has 1 aliphatic rings. The molecule has 2 unspecified atom stereocenters. The van der Waals surface area contributed by atoms with Gasteiger partial charge in [-0.25, -0.2) is 0 Å². The third-order valence-corrected chi connectivity index (χ3v) is 2.77. The van der Waals surface area contributed by atoms with E-state index in [2.05, 4.69) is 21.7 Å². The summed E-state index contributed by atoms with van der Waals surface area (Å²) >= 11 is 0. The quantitative estimate of drug-likeness (QED) is 0.637. The summed E-state index contributed by atoms with van der Waals surface area (Å²) in [5, 5.41) is 7.67. The van der Waals surface area contributed by atoms with Gasteiger partial charge in [-0.3, -0.25) is 0 Å². The van der Waals surface area contributed by atoms with Crippen molar-refractivity contribution in [1.29, 1.82) is 0 Å². The lowest BCUT2D eigenvalue weighted by Gasteiger charge is -2.26. The summed E-state index contributed by atoms with van der Waals surface area (Å²) in [7, 11) is 0. The van der Waals surface area contributed by atoms with Gasteiger partial charge >= 0.3 is 0 Å². The van der Waals surface area contributed by atoms with E-state index in [0.717, 1.165) is 5.92 Å². The van der Waals surface area contributed by atoms with E-state index in [-0.39, 0.29) is 0 Å². The monoisotopic (exact) mass is 165 g/mol. The van der Waals surface area contributed by atoms with E-state index in [1.54, 1.807) is 0 Å². The molecule has 3 heteroatoms. The first kappa shape index (κ1) is 7.77. The van der Waals surface area contributed by atoms with Gasteiger partial charge in [-0.05, 0) is 18.8 Å². The molecule has 1 saturated carbocycles. The normalized spacial score (nSPS) is 30.4. The SMILES string of the molecule is CC1CCCC(n2cnnc2)C1. The maximum Gasteiger partial charge on any atom is 0.119 e. The van der Waals surface area contributed by atoms with Crippen LogP contribution in [0, 0.1) is 5.92 Å². The highest BCUT2D eigenvalue weighted by Crippen LogP contribution is 2.31. The second-order valence-electron chi connectivity index (χ2n) is 3.83. The summed E-state index contributed by atoms with van der Waals surface area (Å²) < 4.78 is 2.15. The first-order valence-corrected chi connectivity index (χ1v) is 4.70. The summed E-state index contributed by atoms with van der Waals surface area (Å²) in [6.07, 6.45) is 8.99. The highest BCUT2D eigenvalue weighted by molar-refractivity contribution is 4.78. The van der Waals surface area contributed by atoms with Crippen molar-refractivity contribution >= 4 is 0 Å². The molecule has 1 fully saturated rings. The third kappa shape index (κ3) is 1.49. The van der Waals surface area contributed by atoms with Crippen LogP contribution in [0.5, 0.6) is 0 Å². The van der Waals surface area contributed by atoms with Crippen LogP contribution in [0.4, 0.5) is 0 Å². The molecule has 0 aliphatic heterocycles. The van der Waals surface area contributed by atoms with Crippen LogP contribution >= 0.6 is 0 Å². The molecule has 3 nitrogen and oxygen atoms in total. The molecule has 66 valence electrons. The van der Waals surface area contributed by atoms with Crippen LogP contribution in [0.1, 0.15) is 38.6 Å². The molecular weight excluding hydrogens is 150 g/mol.